The van der Waals surface area contributed by atoms with Crippen LogP contribution in [0.25, 0.3) is 11.0 Å². The van der Waals surface area contributed by atoms with Gasteiger partial charge in [-0.15, -0.1) is 11.8 Å². The Labute approximate surface area is 116 Å². The first-order chi connectivity index (χ1) is 9.69. The molecule has 6 heteroatoms. The maximum Gasteiger partial charge on any atom is 0.341 e. The molecule has 0 radical (unpaired) electrons. The van der Waals surface area contributed by atoms with Crippen LogP contribution in [0.3, 0.4) is 0 Å². The molecule has 0 fully saturated rings. The molecule has 104 valence electrons. The van der Waals surface area contributed by atoms with Gasteiger partial charge in [-0.3, -0.25) is 0 Å². The second kappa shape index (κ2) is 6.06. The molecule has 20 heavy (non-hydrogen) atoms. The van der Waals surface area contributed by atoms with E-state index in [0.29, 0.717) is 36.3 Å². The normalized spacial score (nSPS) is 10.1. The van der Waals surface area contributed by atoms with Gasteiger partial charge in [-0.1, -0.05) is 0 Å². The molecule has 0 aromatic carbocycles. The predicted molar refractivity (Wildman–Crippen MR) is 76.0 cm³/mol. The van der Waals surface area contributed by atoms with Gasteiger partial charge < -0.3 is 10.5 Å². The zero-order valence-corrected chi connectivity index (χ0v) is 11.5. The summed E-state index contributed by atoms with van der Waals surface area (Å²) in [4.78, 5) is 16.0. The number of aromatic nitrogens is 3. The first-order valence-electron chi connectivity index (χ1n) is 6.35. The van der Waals surface area contributed by atoms with E-state index in [1.54, 1.807) is 24.7 Å². The number of fused-ring (bicyclic) bond motifs is 1. The SMILES string of the molecule is CC#CCCn1ncc2c(N)c(C(=O)OCC)cnc21. The number of aryl methyl sites for hydroxylation is 1. The second-order valence-corrected chi connectivity index (χ2v) is 4.09. The van der Waals surface area contributed by atoms with E-state index in [1.807, 2.05) is 0 Å². The molecule has 2 aromatic rings. The Morgan fingerprint density at radius 3 is 3.00 bits per heavy atom. The molecule has 6 nitrogen and oxygen atoms in total. The number of nitrogens with zero attached hydrogens (tertiary/aromatic N) is 3. The number of esters is 1. The van der Waals surface area contributed by atoms with Crippen LogP contribution < -0.4 is 5.73 Å². The Kier molecular flexibility index (Phi) is 4.20. The first kappa shape index (κ1) is 13.9. The lowest BCUT2D eigenvalue weighted by Gasteiger charge is -2.06. The summed E-state index contributed by atoms with van der Waals surface area (Å²) in [6.45, 7) is 4.47. The molecule has 0 amide bonds. The molecular formula is C14H16N4O2. The van der Waals surface area contributed by atoms with Gasteiger partial charge in [0.25, 0.3) is 0 Å². The lowest BCUT2D eigenvalue weighted by atomic mass is 10.2. The first-order valence-corrected chi connectivity index (χ1v) is 6.35. The summed E-state index contributed by atoms with van der Waals surface area (Å²) in [5.41, 5.74) is 7.26. The van der Waals surface area contributed by atoms with Crippen LogP contribution in [-0.4, -0.2) is 27.3 Å². The van der Waals surface area contributed by atoms with Crippen LogP contribution in [-0.2, 0) is 11.3 Å². The van der Waals surface area contributed by atoms with Crippen molar-refractivity contribution in [3.8, 4) is 11.8 Å². The standard InChI is InChI=1S/C14H16N4O2/c1-3-5-6-7-18-13-10(9-17-18)12(15)11(8-16-13)14(19)20-4-2/h8-9H,4,6-7H2,1-2H3,(H2,15,16). The monoisotopic (exact) mass is 272 g/mol. The van der Waals surface area contributed by atoms with Crippen LogP contribution in [0.2, 0.25) is 0 Å². The van der Waals surface area contributed by atoms with Crippen molar-refractivity contribution in [1.82, 2.24) is 14.8 Å². The van der Waals surface area contributed by atoms with Gasteiger partial charge in [0.1, 0.15) is 5.56 Å². The number of pyridine rings is 1. The van der Waals surface area contributed by atoms with E-state index in [-0.39, 0.29) is 5.56 Å². The molecule has 0 atom stereocenters. The van der Waals surface area contributed by atoms with Crippen LogP contribution in [0.4, 0.5) is 5.69 Å². The quantitative estimate of drug-likeness (QED) is 0.675. The molecule has 0 bridgehead atoms. The van der Waals surface area contributed by atoms with Crippen molar-refractivity contribution in [2.24, 2.45) is 0 Å². The van der Waals surface area contributed by atoms with Gasteiger partial charge in [0.05, 0.1) is 30.4 Å². The van der Waals surface area contributed by atoms with Crippen LogP contribution in [0, 0.1) is 11.8 Å². The van der Waals surface area contributed by atoms with Crippen LogP contribution in [0.15, 0.2) is 12.4 Å². The fourth-order valence-corrected chi connectivity index (χ4v) is 1.87. The number of carbonyl (C=O) groups is 1. The number of hydrogen-bond donors (Lipinski definition) is 1. The Morgan fingerprint density at radius 2 is 2.30 bits per heavy atom. The Bertz CT molecular complexity index is 694. The summed E-state index contributed by atoms with van der Waals surface area (Å²) in [7, 11) is 0. The Hall–Kier alpha value is -2.55. The van der Waals surface area contributed by atoms with Gasteiger partial charge in [0, 0.05) is 12.6 Å². The maximum absolute atomic E-state index is 11.7. The van der Waals surface area contributed by atoms with E-state index >= 15 is 0 Å². The Morgan fingerprint density at radius 1 is 1.50 bits per heavy atom. The molecule has 0 saturated heterocycles. The van der Waals surface area contributed by atoms with Crippen molar-refractivity contribution < 1.29 is 9.53 Å². The van der Waals surface area contributed by atoms with E-state index in [0.717, 1.165) is 0 Å². The molecule has 0 aliphatic carbocycles. The zero-order chi connectivity index (χ0) is 14.5. The fourth-order valence-electron chi connectivity index (χ4n) is 1.87. The summed E-state index contributed by atoms with van der Waals surface area (Å²) in [6, 6.07) is 0. The Balaban J connectivity index is 2.37. The van der Waals surface area contributed by atoms with Gasteiger partial charge in [-0.2, -0.15) is 5.10 Å². The molecule has 2 N–H and O–H groups in total. The van der Waals surface area contributed by atoms with Gasteiger partial charge >= 0.3 is 5.97 Å². The predicted octanol–water partition coefficient (Wildman–Crippen LogP) is 1.60. The van der Waals surface area contributed by atoms with Crippen molar-refractivity contribution in [3.05, 3.63) is 18.0 Å². The van der Waals surface area contributed by atoms with Crippen molar-refractivity contribution in [2.45, 2.75) is 26.8 Å². The van der Waals surface area contributed by atoms with E-state index in [1.165, 1.54) is 6.20 Å². The number of carbonyl (C=O) groups excluding carboxylic acids is 1. The average molecular weight is 272 g/mol. The van der Waals surface area contributed by atoms with E-state index < -0.39 is 5.97 Å². The third-order valence-electron chi connectivity index (χ3n) is 2.83. The summed E-state index contributed by atoms with van der Waals surface area (Å²) >= 11 is 0. The second-order valence-electron chi connectivity index (χ2n) is 4.09. The van der Waals surface area contributed by atoms with Crippen LogP contribution in [0.5, 0.6) is 0 Å². The number of hydrogen-bond acceptors (Lipinski definition) is 5. The number of nitrogen functional groups attached to an aromatic ring is 1. The largest absolute Gasteiger partial charge is 0.462 e. The zero-order valence-electron chi connectivity index (χ0n) is 11.5. The lowest BCUT2D eigenvalue weighted by molar-refractivity contribution is 0.0527. The third kappa shape index (κ3) is 2.57. The minimum Gasteiger partial charge on any atom is -0.462 e. The number of nitrogens with two attached hydrogens (primary N) is 1. The van der Waals surface area contributed by atoms with E-state index in [9.17, 15) is 4.79 Å². The molecule has 0 saturated carbocycles. The van der Waals surface area contributed by atoms with E-state index in [4.69, 9.17) is 10.5 Å². The topological polar surface area (TPSA) is 83.0 Å². The molecule has 0 aliphatic rings. The maximum atomic E-state index is 11.7. The average Bonchev–Trinajstić information content (AvgIpc) is 2.84. The molecule has 2 heterocycles. The van der Waals surface area contributed by atoms with Gasteiger partial charge in [-0.25, -0.2) is 14.5 Å². The van der Waals surface area contributed by atoms with Gasteiger partial charge in [0.15, 0.2) is 5.65 Å². The van der Waals surface area contributed by atoms with Crippen molar-refractivity contribution >= 4 is 22.7 Å². The van der Waals surface area contributed by atoms with Crippen LogP contribution >= 0.6 is 0 Å². The highest BCUT2D eigenvalue weighted by atomic mass is 16.5. The van der Waals surface area contributed by atoms with Crippen LogP contribution in [0.1, 0.15) is 30.6 Å². The van der Waals surface area contributed by atoms with Gasteiger partial charge in [0.2, 0.25) is 0 Å². The van der Waals surface area contributed by atoms with Gasteiger partial charge in [-0.05, 0) is 13.8 Å². The third-order valence-corrected chi connectivity index (χ3v) is 2.83. The highest BCUT2D eigenvalue weighted by molar-refractivity contribution is 6.03. The number of anilines is 1. The highest BCUT2D eigenvalue weighted by Gasteiger charge is 2.16. The van der Waals surface area contributed by atoms with E-state index in [2.05, 4.69) is 21.9 Å². The summed E-state index contributed by atoms with van der Waals surface area (Å²) in [5.74, 6) is 5.33. The minimum atomic E-state index is -0.469. The molecule has 2 rings (SSSR count). The summed E-state index contributed by atoms with van der Waals surface area (Å²) in [6.07, 6.45) is 3.73. The molecule has 0 aliphatic heterocycles. The lowest BCUT2D eigenvalue weighted by Crippen LogP contribution is -2.09. The highest BCUT2D eigenvalue weighted by Crippen LogP contribution is 2.23. The summed E-state index contributed by atoms with van der Waals surface area (Å²) < 4.78 is 6.67. The number of rotatable bonds is 4. The molecule has 0 spiro atoms. The van der Waals surface area contributed by atoms with Crippen molar-refractivity contribution in [1.29, 1.82) is 0 Å². The minimum absolute atomic E-state index is 0.271. The molecular weight excluding hydrogens is 256 g/mol. The number of ether oxygens (including phenoxy) is 1. The summed E-state index contributed by atoms with van der Waals surface area (Å²) in [5, 5.41) is 4.88. The molecule has 2 aromatic heterocycles. The van der Waals surface area contributed by atoms with Crippen molar-refractivity contribution in [2.75, 3.05) is 12.3 Å². The molecule has 0 unspecified atom stereocenters. The smallest absolute Gasteiger partial charge is 0.341 e. The van der Waals surface area contributed by atoms with Crippen molar-refractivity contribution in [3.63, 3.8) is 0 Å². The fraction of sp³-hybridized carbons (Fsp3) is 0.357.